The molecule has 0 unspecified atom stereocenters. The number of carbonyl (C=O) groups is 1. The summed E-state index contributed by atoms with van der Waals surface area (Å²) in [5.74, 6) is 5.51. The van der Waals surface area contributed by atoms with E-state index in [1.165, 1.54) is 0 Å². The molecule has 1 heterocycles. The number of nitrogens with one attached hydrogen (secondary N) is 1. The number of hydrogen-bond donors (Lipinski definition) is 2. The third kappa shape index (κ3) is 4.98. The van der Waals surface area contributed by atoms with Crippen molar-refractivity contribution in [3.05, 3.63) is 29.6 Å². The molecule has 0 atom stereocenters. The van der Waals surface area contributed by atoms with Crippen LogP contribution in [0.5, 0.6) is 0 Å². The van der Waals surface area contributed by atoms with Crippen molar-refractivity contribution in [1.29, 1.82) is 0 Å². The molecule has 1 aromatic heterocycles. The smallest absolute Gasteiger partial charge is 0.269 e. The van der Waals surface area contributed by atoms with E-state index in [1.54, 1.807) is 18.3 Å². The van der Waals surface area contributed by atoms with Gasteiger partial charge in [-0.25, -0.2) is 4.98 Å². The van der Waals surface area contributed by atoms with E-state index in [2.05, 4.69) is 29.1 Å². The van der Waals surface area contributed by atoms with Crippen molar-refractivity contribution in [2.24, 2.45) is 0 Å². The average molecular weight is 246 g/mol. The summed E-state index contributed by atoms with van der Waals surface area (Å²) in [4.78, 5) is 15.7. The van der Waals surface area contributed by atoms with E-state index in [0.29, 0.717) is 18.7 Å². The molecule has 0 aromatic carbocycles. The molecule has 4 nitrogen and oxygen atoms in total. The largest absolute Gasteiger partial charge is 0.395 e. The number of unbranched alkanes of at least 4 members (excludes halogenated alkanes) is 1. The number of nitrogens with zero attached hydrogens (tertiary/aromatic N) is 1. The Morgan fingerprint density at radius 1 is 1.50 bits per heavy atom. The molecule has 0 saturated heterocycles. The number of pyridine rings is 1. The third-order valence-electron chi connectivity index (χ3n) is 2.28. The minimum atomic E-state index is -0.154. The number of aromatic nitrogens is 1. The van der Waals surface area contributed by atoms with Crippen LogP contribution in [0, 0.1) is 11.8 Å². The molecule has 1 rings (SSSR count). The van der Waals surface area contributed by atoms with E-state index < -0.39 is 0 Å². The zero-order valence-corrected chi connectivity index (χ0v) is 10.6. The predicted molar refractivity (Wildman–Crippen MR) is 70.1 cm³/mol. The highest BCUT2D eigenvalue weighted by molar-refractivity contribution is 5.92. The Kier molecular flexibility index (Phi) is 6.52. The Morgan fingerprint density at radius 2 is 2.33 bits per heavy atom. The van der Waals surface area contributed by atoms with Gasteiger partial charge in [-0.1, -0.05) is 25.2 Å². The molecular formula is C14H18N2O2. The van der Waals surface area contributed by atoms with Crippen LogP contribution in [0.15, 0.2) is 18.3 Å². The van der Waals surface area contributed by atoms with Crippen molar-refractivity contribution in [1.82, 2.24) is 10.3 Å². The summed E-state index contributed by atoms with van der Waals surface area (Å²) in [6.45, 7) is 2.80. The lowest BCUT2D eigenvalue weighted by Crippen LogP contribution is -2.25. The van der Waals surface area contributed by atoms with E-state index in [-0.39, 0.29) is 12.5 Å². The van der Waals surface area contributed by atoms with Gasteiger partial charge < -0.3 is 10.4 Å². The molecule has 0 bridgehead atoms. The molecule has 0 aliphatic rings. The minimum Gasteiger partial charge on any atom is -0.395 e. The first kappa shape index (κ1) is 14.2. The minimum absolute atomic E-state index is 0.0539. The summed E-state index contributed by atoms with van der Waals surface area (Å²) in [5.41, 5.74) is 1.15. The van der Waals surface area contributed by atoms with Crippen LogP contribution in [0.1, 0.15) is 42.2 Å². The monoisotopic (exact) mass is 246 g/mol. The number of aliphatic hydroxyl groups excluding tert-OH is 1. The second-order valence-corrected chi connectivity index (χ2v) is 3.82. The van der Waals surface area contributed by atoms with Gasteiger partial charge in [0.1, 0.15) is 5.69 Å². The first-order chi connectivity index (χ1) is 8.77. The second-order valence-electron chi connectivity index (χ2n) is 3.82. The van der Waals surface area contributed by atoms with Gasteiger partial charge >= 0.3 is 0 Å². The van der Waals surface area contributed by atoms with Gasteiger partial charge in [-0.3, -0.25) is 4.79 Å². The second kappa shape index (κ2) is 8.26. The highest BCUT2D eigenvalue weighted by Crippen LogP contribution is 1.99. The number of amides is 1. The molecular weight excluding hydrogens is 228 g/mol. The third-order valence-corrected chi connectivity index (χ3v) is 2.28. The molecule has 0 saturated carbocycles. The van der Waals surface area contributed by atoms with Crippen LogP contribution in [0.25, 0.3) is 0 Å². The maximum absolute atomic E-state index is 11.6. The fourth-order valence-electron chi connectivity index (χ4n) is 1.29. The zero-order valence-electron chi connectivity index (χ0n) is 10.6. The van der Waals surface area contributed by atoms with Gasteiger partial charge in [-0.05, 0) is 18.6 Å². The molecule has 1 aromatic rings. The van der Waals surface area contributed by atoms with Crippen LogP contribution in [0.4, 0.5) is 0 Å². The Labute approximate surface area is 107 Å². The quantitative estimate of drug-likeness (QED) is 0.609. The van der Waals surface area contributed by atoms with E-state index in [9.17, 15) is 4.79 Å². The summed E-state index contributed by atoms with van der Waals surface area (Å²) in [7, 11) is 0. The summed E-state index contributed by atoms with van der Waals surface area (Å²) >= 11 is 0. The van der Waals surface area contributed by atoms with Crippen LogP contribution >= 0.6 is 0 Å². The van der Waals surface area contributed by atoms with Crippen LogP contribution < -0.4 is 5.32 Å². The van der Waals surface area contributed by atoms with Gasteiger partial charge in [0.25, 0.3) is 5.91 Å². The van der Waals surface area contributed by atoms with E-state index in [4.69, 9.17) is 5.11 Å². The molecule has 0 fully saturated rings. The Bertz CT molecular complexity index is 429. The van der Waals surface area contributed by atoms with Gasteiger partial charge in [-0.2, -0.15) is 0 Å². The van der Waals surface area contributed by atoms with Crippen molar-refractivity contribution in [3.63, 3.8) is 0 Å². The zero-order chi connectivity index (χ0) is 13.2. The van der Waals surface area contributed by atoms with Gasteiger partial charge in [0.15, 0.2) is 0 Å². The van der Waals surface area contributed by atoms with Gasteiger partial charge in [0.2, 0.25) is 0 Å². The van der Waals surface area contributed by atoms with Gasteiger partial charge in [-0.15, -0.1) is 0 Å². The molecule has 0 radical (unpaired) electrons. The predicted octanol–water partition coefficient (Wildman–Crippen LogP) is 1.35. The molecule has 2 N–H and O–H groups in total. The summed E-state index contributed by atoms with van der Waals surface area (Å²) in [5, 5.41) is 11.4. The highest BCUT2D eigenvalue weighted by atomic mass is 16.2. The number of aliphatic hydroxyl groups is 1. The summed E-state index contributed by atoms with van der Waals surface area (Å²) < 4.78 is 0. The van der Waals surface area contributed by atoms with Crippen molar-refractivity contribution >= 4 is 5.91 Å². The molecule has 0 aliphatic heterocycles. The fraction of sp³-hybridized carbons (Fsp3) is 0.429. The molecule has 96 valence electrons. The van der Waals surface area contributed by atoms with Gasteiger partial charge in [0, 0.05) is 24.7 Å². The fourth-order valence-corrected chi connectivity index (χ4v) is 1.29. The summed E-state index contributed by atoms with van der Waals surface area (Å²) in [6, 6.07) is 3.41. The van der Waals surface area contributed by atoms with Crippen LogP contribution in [0.2, 0.25) is 0 Å². The molecule has 0 spiro atoms. The van der Waals surface area contributed by atoms with Crippen molar-refractivity contribution < 1.29 is 9.90 Å². The SMILES string of the molecule is CCCCNC(=O)c1ccc(C#CCCO)cn1. The van der Waals surface area contributed by atoms with Crippen molar-refractivity contribution in [2.75, 3.05) is 13.2 Å². The Hall–Kier alpha value is -1.86. The molecule has 4 heteroatoms. The lowest BCUT2D eigenvalue weighted by atomic mass is 10.2. The van der Waals surface area contributed by atoms with Crippen LogP contribution in [0.3, 0.4) is 0 Å². The van der Waals surface area contributed by atoms with Crippen LogP contribution in [-0.4, -0.2) is 29.1 Å². The number of hydrogen-bond acceptors (Lipinski definition) is 3. The van der Waals surface area contributed by atoms with Crippen molar-refractivity contribution in [3.8, 4) is 11.8 Å². The number of carbonyl (C=O) groups excluding carboxylic acids is 1. The maximum atomic E-state index is 11.6. The lowest BCUT2D eigenvalue weighted by Gasteiger charge is -2.03. The average Bonchev–Trinajstić information content (AvgIpc) is 2.40. The number of rotatable bonds is 5. The highest BCUT2D eigenvalue weighted by Gasteiger charge is 2.05. The molecule has 18 heavy (non-hydrogen) atoms. The molecule has 0 aliphatic carbocycles. The van der Waals surface area contributed by atoms with E-state index >= 15 is 0 Å². The first-order valence-electron chi connectivity index (χ1n) is 6.12. The lowest BCUT2D eigenvalue weighted by molar-refractivity contribution is 0.0948. The molecule has 1 amide bonds. The van der Waals surface area contributed by atoms with E-state index in [1.807, 2.05) is 0 Å². The normalized spacial score (nSPS) is 9.44. The standard InChI is InChI=1S/C14H18N2O2/c1-2-3-9-15-14(18)13-8-7-12(11-16-13)6-4-5-10-17/h7-8,11,17H,2-3,5,9-10H2,1H3,(H,15,18). The van der Waals surface area contributed by atoms with E-state index in [0.717, 1.165) is 18.4 Å². The van der Waals surface area contributed by atoms with Crippen molar-refractivity contribution in [2.45, 2.75) is 26.2 Å². The van der Waals surface area contributed by atoms with Crippen LogP contribution in [-0.2, 0) is 0 Å². The Balaban J connectivity index is 2.54. The van der Waals surface area contributed by atoms with Gasteiger partial charge in [0.05, 0.1) is 6.61 Å². The Morgan fingerprint density at radius 3 is 2.94 bits per heavy atom. The maximum Gasteiger partial charge on any atom is 0.269 e. The topological polar surface area (TPSA) is 62.2 Å². The first-order valence-corrected chi connectivity index (χ1v) is 6.12. The summed E-state index contributed by atoms with van der Waals surface area (Å²) in [6.07, 6.45) is 4.03.